The van der Waals surface area contributed by atoms with Crippen LogP contribution in [0.2, 0.25) is 0 Å². The van der Waals surface area contributed by atoms with E-state index < -0.39 is 0 Å². The minimum Gasteiger partial charge on any atom is -0.370 e. The van der Waals surface area contributed by atoms with Crippen LogP contribution in [0.25, 0.3) is 0 Å². The van der Waals surface area contributed by atoms with Crippen LogP contribution in [-0.4, -0.2) is 22.4 Å². The van der Waals surface area contributed by atoms with Gasteiger partial charge in [0.05, 0.1) is 5.92 Å². The summed E-state index contributed by atoms with van der Waals surface area (Å²) in [4.78, 5) is 21.6. The highest BCUT2D eigenvalue weighted by Gasteiger charge is 2.18. The number of rotatable bonds is 8. The first-order valence-corrected chi connectivity index (χ1v) is 9.91. The lowest BCUT2D eigenvalue weighted by atomic mass is 9.95. The van der Waals surface area contributed by atoms with Crippen LogP contribution >= 0.6 is 0 Å². The van der Waals surface area contributed by atoms with E-state index in [1.165, 1.54) is 0 Å². The second-order valence-electron chi connectivity index (χ2n) is 6.81. The number of nitrogens with zero attached hydrogens (tertiary/aromatic N) is 2. The quantitative estimate of drug-likeness (QED) is 0.500. The highest BCUT2D eigenvalue weighted by molar-refractivity contribution is 5.96. The highest BCUT2D eigenvalue weighted by Crippen LogP contribution is 2.23. The van der Waals surface area contributed by atoms with Gasteiger partial charge < -0.3 is 16.0 Å². The summed E-state index contributed by atoms with van der Waals surface area (Å²) < 4.78 is 0. The molecule has 1 heterocycles. The Morgan fingerprint density at radius 3 is 2.31 bits per heavy atom. The Kier molecular flexibility index (Phi) is 6.79. The molecule has 6 heteroatoms. The van der Waals surface area contributed by atoms with Gasteiger partial charge >= 0.3 is 0 Å². The van der Waals surface area contributed by atoms with Crippen molar-refractivity contribution in [3.63, 3.8) is 0 Å². The standard InChI is InChI=1S/C23H27N5O/c1-4-20(17-9-7-6-8-10-17)22(29)26-18-11-13-19(14-12-18)27-23-25-16(3)15-21(28-23)24-5-2/h6-15,20H,4-5H2,1-3H3,(H,26,29)(H2,24,25,27,28). The molecule has 0 spiro atoms. The molecule has 0 aliphatic rings. The number of hydrogen-bond donors (Lipinski definition) is 3. The molecule has 3 rings (SSSR count). The van der Waals surface area contributed by atoms with Crippen LogP contribution in [0, 0.1) is 6.92 Å². The Labute approximate surface area is 171 Å². The minimum absolute atomic E-state index is 0.00305. The van der Waals surface area contributed by atoms with E-state index in [2.05, 4.69) is 25.9 Å². The zero-order valence-electron chi connectivity index (χ0n) is 17.1. The lowest BCUT2D eigenvalue weighted by Crippen LogP contribution is -2.20. The molecule has 1 unspecified atom stereocenters. The van der Waals surface area contributed by atoms with Crippen molar-refractivity contribution >= 4 is 29.0 Å². The number of carbonyl (C=O) groups excluding carboxylic acids is 1. The summed E-state index contributed by atoms with van der Waals surface area (Å²) in [5.41, 5.74) is 3.52. The summed E-state index contributed by atoms with van der Waals surface area (Å²) in [6.07, 6.45) is 0.744. The molecule has 0 saturated carbocycles. The van der Waals surface area contributed by atoms with E-state index in [0.717, 1.165) is 41.4 Å². The summed E-state index contributed by atoms with van der Waals surface area (Å²) >= 11 is 0. The van der Waals surface area contributed by atoms with E-state index in [1.54, 1.807) is 0 Å². The van der Waals surface area contributed by atoms with E-state index in [9.17, 15) is 4.79 Å². The number of carbonyl (C=O) groups is 1. The number of anilines is 4. The van der Waals surface area contributed by atoms with Gasteiger partial charge in [-0.1, -0.05) is 37.3 Å². The van der Waals surface area contributed by atoms with Crippen molar-refractivity contribution in [1.82, 2.24) is 9.97 Å². The van der Waals surface area contributed by atoms with Crippen molar-refractivity contribution in [3.05, 3.63) is 71.9 Å². The normalized spacial score (nSPS) is 11.6. The number of aryl methyl sites for hydroxylation is 1. The van der Waals surface area contributed by atoms with Crippen LogP contribution in [0.3, 0.4) is 0 Å². The van der Waals surface area contributed by atoms with Crippen molar-refractivity contribution in [2.75, 3.05) is 22.5 Å². The van der Waals surface area contributed by atoms with Crippen LogP contribution in [0.5, 0.6) is 0 Å². The molecular formula is C23H27N5O. The van der Waals surface area contributed by atoms with Crippen molar-refractivity contribution < 1.29 is 4.79 Å². The number of aromatic nitrogens is 2. The molecular weight excluding hydrogens is 362 g/mol. The van der Waals surface area contributed by atoms with Crippen molar-refractivity contribution in [2.24, 2.45) is 0 Å². The molecule has 150 valence electrons. The maximum Gasteiger partial charge on any atom is 0.231 e. The highest BCUT2D eigenvalue weighted by atomic mass is 16.1. The Morgan fingerprint density at radius 2 is 1.66 bits per heavy atom. The van der Waals surface area contributed by atoms with Crippen LogP contribution in [0.4, 0.5) is 23.1 Å². The predicted octanol–water partition coefficient (Wildman–Crippen LogP) is 5.09. The summed E-state index contributed by atoms with van der Waals surface area (Å²) in [5, 5.41) is 9.41. The van der Waals surface area contributed by atoms with Crippen molar-refractivity contribution in [1.29, 1.82) is 0 Å². The number of hydrogen-bond acceptors (Lipinski definition) is 5. The second-order valence-corrected chi connectivity index (χ2v) is 6.81. The summed E-state index contributed by atoms with van der Waals surface area (Å²) in [7, 11) is 0. The topological polar surface area (TPSA) is 78.9 Å². The number of benzene rings is 2. The lowest BCUT2D eigenvalue weighted by molar-refractivity contribution is -0.117. The third-order valence-electron chi connectivity index (χ3n) is 4.55. The SMILES string of the molecule is CCNc1cc(C)nc(Nc2ccc(NC(=O)C(CC)c3ccccc3)cc2)n1. The monoisotopic (exact) mass is 389 g/mol. The van der Waals surface area contributed by atoms with E-state index in [-0.39, 0.29) is 11.8 Å². The van der Waals surface area contributed by atoms with Crippen LogP contribution < -0.4 is 16.0 Å². The second kappa shape index (κ2) is 9.68. The predicted molar refractivity (Wildman–Crippen MR) is 119 cm³/mol. The van der Waals surface area contributed by atoms with Gasteiger partial charge in [-0.3, -0.25) is 4.79 Å². The first-order valence-electron chi connectivity index (χ1n) is 9.91. The first kappa shape index (κ1) is 20.3. The van der Waals surface area contributed by atoms with Gasteiger partial charge in [-0.15, -0.1) is 0 Å². The molecule has 0 fully saturated rings. The van der Waals surface area contributed by atoms with Gasteiger partial charge in [-0.2, -0.15) is 4.98 Å². The maximum atomic E-state index is 12.7. The Morgan fingerprint density at radius 1 is 0.966 bits per heavy atom. The largest absolute Gasteiger partial charge is 0.370 e. The van der Waals surface area contributed by atoms with Gasteiger partial charge in [0.2, 0.25) is 11.9 Å². The third kappa shape index (κ3) is 5.54. The van der Waals surface area contributed by atoms with Crippen LogP contribution in [0.1, 0.15) is 37.4 Å². The third-order valence-corrected chi connectivity index (χ3v) is 4.55. The van der Waals surface area contributed by atoms with Gasteiger partial charge in [-0.25, -0.2) is 4.98 Å². The van der Waals surface area contributed by atoms with E-state index in [1.807, 2.05) is 81.4 Å². The summed E-state index contributed by atoms with van der Waals surface area (Å²) in [6, 6.07) is 19.3. The van der Waals surface area contributed by atoms with Gasteiger partial charge in [-0.05, 0) is 50.1 Å². The zero-order valence-corrected chi connectivity index (χ0v) is 17.1. The molecule has 3 aromatic rings. The van der Waals surface area contributed by atoms with Gasteiger partial charge in [0.25, 0.3) is 0 Å². The Bertz CT molecular complexity index is 941. The molecule has 29 heavy (non-hydrogen) atoms. The van der Waals surface area contributed by atoms with Crippen molar-refractivity contribution in [3.8, 4) is 0 Å². The molecule has 1 amide bonds. The molecule has 0 aliphatic carbocycles. The number of nitrogens with one attached hydrogen (secondary N) is 3. The number of amides is 1. The average Bonchev–Trinajstić information content (AvgIpc) is 2.71. The Hall–Kier alpha value is -3.41. The smallest absolute Gasteiger partial charge is 0.231 e. The molecule has 1 atom stereocenters. The molecule has 1 aromatic heterocycles. The summed E-state index contributed by atoms with van der Waals surface area (Å²) in [5.74, 6) is 1.15. The van der Waals surface area contributed by atoms with Gasteiger partial charge in [0.15, 0.2) is 0 Å². The molecule has 3 N–H and O–H groups in total. The van der Waals surface area contributed by atoms with Gasteiger partial charge in [0, 0.05) is 29.7 Å². The van der Waals surface area contributed by atoms with E-state index in [4.69, 9.17) is 0 Å². The van der Waals surface area contributed by atoms with Gasteiger partial charge in [0.1, 0.15) is 5.82 Å². The fourth-order valence-corrected chi connectivity index (χ4v) is 3.15. The fraction of sp³-hybridized carbons (Fsp3) is 0.261. The molecule has 0 radical (unpaired) electrons. The van der Waals surface area contributed by atoms with Crippen LogP contribution in [0.15, 0.2) is 60.7 Å². The minimum atomic E-state index is -0.167. The zero-order chi connectivity index (χ0) is 20.6. The van der Waals surface area contributed by atoms with Crippen molar-refractivity contribution in [2.45, 2.75) is 33.1 Å². The molecule has 0 saturated heterocycles. The summed E-state index contributed by atoms with van der Waals surface area (Å²) in [6.45, 7) is 6.78. The average molecular weight is 390 g/mol. The Balaban J connectivity index is 1.66. The first-order chi connectivity index (χ1) is 14.1. The van der Waals surface area contributed by atoms with E-state index in [0.29, 0.717) is 5.95 Å². The maximum absolute atomic E-state index is 12.7. The molecule has 0 aliphatic heterocycles. The van der Waals surface area contributed by atoms with E-state index >= 15 is 0 Å². The molecule has 2 aromatic carbocycles. The fourth-order valence-electron chi connectivity index (χ4n) is 3.15. The van der Waals surface area contributed by atoms with Crippen LogP contribution in [-0.2, 0) is 4.79 Å². The molecule has 0 bridgehead atoms. The lowest BCUT2D eigenvalue weighted by Gasteiger charge is -2.16. The molecule has 6 nitrogen and oxygen atoms in total.